The number of ether oxygens (including phenoxy) is 4. The van der Waals surface area contributed by atoms with Crippen molar-refractivity contribution in [2.24, 2.45) is 0 Å². The van der Waals surface area contributed by atoms with Gasteiger partial charge in [-0.05, 0) is 42.9 Å². The quantitative estimate of drug-likeness (QED) is 0.0785. The smallest absolute Gasteiger partial charge is 0.413 e. The Labute approximate surface area is 303 Å². The SMILES string of the molecule is C=C[Si](C)(O[Si](C)(C)O[Si](O[Si](CCCOCC1CO1)(OC)OC)(c1ccccc1)c1ccccc1)O[Si](OC)(OC)C(CC)OCC1CO1. The van der Waals surface area contributed by atoms with Gasteiger partial charge in [0.2, 0.25) is 0 Å². The molecule has 2 aliphatic heterocycles. The van der Waals surface area contributed by atoms with Gasteiger partial charge in [0.25, 0.3) is 0 Å². The number of epoxide rings is 2. The van der Waals surface area contributed by atoms with Gasteiger partial charge in [0.05, 0.1) is 26.4 Å². The Morgan fingerprint density at radius 2 is 1.30 bits per heavy atom. The molecule has 2 aromatic rings. The van der Waals surface area contributed by atoms with Gasteiger partial charge in [-0.15, -0.1) is 6.58 Å². The molecule has 2 aromatic carbocycles. The van der Waals surface area contributed by atoms with Crippen molar-refractivity contribution in [3.05, 3.63) is 72.9 Å². The molecule has 4 rings (SSSR count). The summed E-state index contributed by atoms with van der Waals surface area (Å²) in [5.41, 5.74) is 1.32. The number of hydrogen-bond acceptors (Lipinski definition) is 12. The molecule has 0 N–H and O–H groups in total. The van der Waals surface area contributed by atoms with Crippen LogP contribution in [0.2, 0.25) is 25.7 Å². The van der Waals surface area contributed by atoms with E-state index in [9.17, 15) is 0 Å². The van der Waals surface area contributed by atoms with E-state index in [0.29, 0.717) is 45.3 Å². The van der Waals surface area contributed by atoms with Crippen molar-refractivity contribution in [1.82, 2.24) is 0 Å². The van der Waals surface area contributed by atoms with Crippen LogP contribution in [-0.4, -0.2) is 123 Å². The Morgan fingerprint density at radius 1 is 0.760 bits per heavy atom. The lowest BCUT2D eigenvalue weighted by Crippen LogP contribution is -2.73. The summed E-state index contributed by atoms with van der Waals surface area (Å²) >= 11 is 0. The van der Waals surface area contributed by atoms with E-state index in [2.05, 4.69) is 6.58 Å². The van der Waals surface area contributed by atoms with E-state index in [1.54, 1.807) is 34.1 Å². The standard InChI is InChI=1S/C33H56O12Si5/c1-10-33(41-28-30-27-40-30)50(36-5,37-6)44-47(9,11-2)42-46(7,8)43-49(31-19-14-12-15-20-31,32-21-16-13-17-22-32)45-48(34-3,35-4)24-18-23-38-25-29-26-39-29/h11-17,19-22,29-30,33H,2,10,18,23-28H2,1,3-9H3. The maximum atomic E-state index is 7.43. The zero-order valence-electron chi connectivity index (χ0n) is 30.8. The van der Waals surface area contributed by atoms with Crippen LogP contribution in [0.5, 0.6) is 0 Å². The second-order valence-electron chi connectivity index (χ2n) is 12.8. The Balaban J connectivity index is 1.68. The first kappa shape index (κ1) is 41.5. The molecule has 0 radical (unpaired) electrons. The fourth-order valence-electron chi connectivity index (χ4n) is 5.74. The molecule has 0 spiro atoms. The Bertz CT molecular complexity index is 1260. The van der Waals surface area contributed by atoms with Crippen molar-refractivity contribution in [3.63, 3.8) is 0 Å². The maximum absolute atomic E-state index is 7.43. The third-order valence-electron chi connectivity index (χ3n) is 8.48. The third kappa shape index (κ3) is 11.2. The average Bonchev–Trinajstić information content (AvgIpc) is 4.07. The first-order valence-electron chi connectivity index (χ1n) is 17.1. The normalized spacial score (nSPS) is 19.9. The molecule has 17 heteroatoms. The van der Waals surface area contributed by atoms with E-state index in [4.69, 9.17) is 53.1 Å². The van der Waals surface area contributed by atoms with Gasteiger partial charge in [0, 0.05) is 41.1 Å². The van der Waals surface area contributed by atoms with E-state index in [-0.39, 0.29) is 12.2 Å². The van der Waals surface area contributed by atoms with Crippen LogP contribution in [0.4, 0.5) is 0 Å². The zero-order chi connectivity index (χ0) is 36.3. The predicted molar refractivity (Wildman–Crippen MR) is 201 cm³/mol. The first-order valence-corrected chi connectivity index (χ1v) is 27.9. The van der Waals surface area contributed by atoms with Gasteiger partial charge < -0.3 is 53.1 Å². The molecule has 4 unspecified atom stereocenters. The minimum atomic E-state index is -3.64. The van der Waals surface area contributed by atoms with Crippen molar-refractivity contribution in [1.29, 1.82) is 0 Å². The molecule has 0 aromatic heterocycles. The molecule has 0 aliphatic carbocycles. The molecule has 2 aliphatic rings. The summed E-state index contributed by atoms with van der Waals surface area (Å²) < 4.78 is 76.0. The summed E-state index contributed by atoms with van der Waals surface area (Å²) in [6.45, 7) is 15.1. The van der Waals surface area contributed by atoms with E-state index in [1.807, 2.05) is 87.2 Å². The van der Waals surface area contributed by atoms with Crippen molar-refractivity contribution < 1.29 is 53.1 Å². The third-order valence-corrected chi connectivity index (χ3v) is 28.0. The summed E-state index contributed by atoms with van der Waals surface area (Å²) in [7, 11) is -10.5. The van der Waals surface area contributed by atoms with Gasteiger partial charge in [-0.1, -0.05) is 73.3 Å². The first-order chi connectivity index (χ1) is 24.0. The largest absolute Gasteiger partial charge is 0.522 e. The van der Waals surface area contributed by atoms with Crippen LogP contribution in [0.15, 0.2) is 72.9 Å². The van der Waals surface area contributed by atoms with Crippen LogP contribution in [0.25, 0.3) is 0 Å². The maximum Gasteiger partial charge on any atom is 0.522 e. The Kier molecular flexibility index (Phi) is 15.5. The lowest BCUT2D eigenvalue weighted by molar-refractivity contribution is 0.0157. The monoisotopic (exact) mass is 784 g/mol. The lowest BCUT2D eigenvalue weighted by atomic mass is 10.4. The van der Waals surface area contributed by atoms with Gasteiger partial charge in [0.1, 0.15) is 17.9 Å². The molecule has 0 bridgehead atoms. The highest BCUT2D eigenvalue weighted by molar-refractivity contribution is 7.01. The van der Waals surface area contributed by atoms with E-state index in [0.717, 1.165) is 17.0 Å². The van der Waals surface area contributed by atoms with Gasteiger partial charge in [-0.2, -0.15) is 0 Å². The minimum Gasteiger partial charge on any atom is -0.413 e. The summed E-state index contributed by atoms with van der Waals surface area (Å²) in [4.78, 5) is 0. The number of rotatable bonds is 26. The van der Waals surface area contributed by atoms with Gasteiger partial charge >= 0.3 is 43.3 Å². The van der Waals surface area contributed by atoms with E-state index < -0.39 is 49.0 Å². The van der Waals surface area contributed by atoms with Crippen LogP contribution < -0.4 is 10.4 Å². The zero-order valence-corrected chi connectivity index (χ0v) is 35.8. The molecular formula is C33H56O12Si5. The number of benzene rings is 2. The van der Waals surface area contributed by atoms with Crippen molar-refractivity contribution >= 4 is 53.7 Å². The molecule has 0 saturated carbocycles. The van der Waals surface area contributed by atoms with Gasteiger partial charge in [-0.25, -0.2) is 0 Å². The minimum absolute atomic E-state index is 0.0808. The van der Waals surface area contributed by atoms with Crippen LogP contribution in [0.1, 0.15) is 19.8 Å². The fourth-order valence-corrected chi connectivity index (χ4v) is 27.1. The molecule has 12 nitrogen and oxygen atoms in total. The van der Waals surface area contributed by atoms with Crippen molar-refractivity contribution in [2.75, 3.05) is 61.5 Å². The average molecular weight is 785 g/mol. The molecule has 280 valence electrons. The molecular weight excluding hydrogens is 729 g/mol. The predicted octanol–water partition coefficient (Wildman–Crippen LogP) is 3.81. The second kappa shape index (κ2) is 18.7. The lowest BCUT2D eigenvalue weighted by Gasteiger charge is -2.45. The van der Waals surface area contributed by atoms with Crippen LogP contribution in [0, 0.1) is 0 Å². The highest BCUT2D eigenvalue weighted by atomic mass is 28.5. The summed E-state index contributed by atoms with van der Waals surface area (Å²) in [6.07, 6.45) is 1.57. The summed E-state index contributed by atoms with van der Waals surface area (Å²) in [6, 6.07) is 20.6. The molecule has 2 fully saturated rings. The van der Waals surface area contributed by atoms with Gasteiger partial charge in [-0.3, -0.25) is 0 Å². The fraction of sp³-hybridized carbons (Fsp3) is 0.576. The molecule has 2 saturated heterocycles. The van der Waals surface area contributed by atoms with E-state index >= 15 is 0 Å². The van der Waals surface area contributed by atoms with Crippen LogP contribution in [0.3, 0.4) is 0 Å². The van der Waals surface area contributed by atoms with E-state index in [1.165, 1.54) is 0 Å². The molecule has 4 atom stereocenters. The Morgan fingerprint density at radius 3 is 1.76 bits per heavy atom. The summed E-state index contributed by atoms with van der Waals surface area (Å²) in [5.74, 6) is 0. The second-order valence-corrected chi connectivity index (χ2v) is 29.0. The molecule has 0 amide bonds. The Hall–Kier alpha value is -1.22. The van der Waals surface area contributed by atoms with Crippen LogP contribution in [-0.2, 0) is 53.1 Å². The van der Waals surface area contributed by atoms with Crippen molar-refractivity contribution in [2.45, 2.75) is 63.4 Å². The molecule has 50 heavy (non-hydrogen) atoms. The number of hydrogen-bond donors (Lipinski definition) is 0. The molecule has 2 heterocycles. The van der Waals surface area contributed by atoms with Crippen LogP contribution >= 0.6 is 0 Å². The van der Waals surface area contributed by atoms with Gasteiger partial charge in [0.15, 0.2) is 0 Å². The highest BCUT2D eigenvalue weighted by Gasteiger charge is 2.59. The summed E-state index contributed by atoms with van der Waals surface area (Å²) in [5, 5.41) is 1.79. The van der Waals surface area contributed by atoms with Crippen molar-refractivity contribution in [3.8, 4) is 0 Å². The highest BCUT2D eigenvalue weighted by Crippen LogP contribution is 2.31. The topological polar surface area (TPSA) is 117 Å².